The highest BCUT2D eigenvalue weighted by Gasteiger charge is 2.20. The second-order valence-electron chi connectivity index (χ2n) is 3.44. The zero-order chi connectivity index (χ0) is 13.0. The molecule has 0 spiro atoms. The zero-order valence-corrected chi connectivity index (χ0v) is 10.8. The largest absolute Gasteiger partial charge is 0.461 e. The van der Waals surface area contributed by atoms with Crippen LogP contribution >= 0.6 is 11.6 Å². The van der Waals surface area contributed by atoms with E-state index in [2.05, 4.69) is 11.6 Å². The number of hydrogen-bond acceptors (Lipinski definition) is 4. The minimum atomic E-state index is -0.515. The van der Waals surface area contributed by atoms with E-state index in [0.29, 0.717) is 23.8 Å². The molecule has 0 amide bonds. The van der Waals surface area contributed by atoms with Crippen molar-refractivity contribution in [3.8, 4) is 0 Å². The Hall–Kier alpha value is -1.49. The summed E-state index contributed by atoms with van der Waals surface area (Å²) < 4.78 is 6.54. The van der Waals surface area contributed by atoms with Crippen LogP contribution < -0.4 is 5.73 Å². The van der Waals surface area contributed by atoms with Crippen molar-refractivity contribution in [3.05, 3.63) is 23.1 Å². The summed E-state index contributed by atoms with van der Waals surface area (Å²) in [5.74, 6) is 0.438. The van der Waals surface area contributed by atoms with E-state index in [1.54, 1.807) is 11.5 Å². The molecule has 0 atom stereocenters. The number of nitrogens with two attached hydrogens (primary N) is 1. The van der Waals surface area contributed by atoms with Crippen LogP contribution in [0.25, 0.3) is 0 Å². The topological polar surface area (TPSA) is 70.1 Å². The number of carbonyl (C=O) groups is 1. The number of imidazole rings is 1. The number of halogens is 1. The Kier molecular flexibility index (Phi) is 4.57. The molecular formula is C11H16ClN3O2. The summed E-state index contributed by atoms with van der Waals surface area (Å²) in [5, 5.41) is 0.430. The van der Waals surface area contributed by atoms with Gasteiger partial charge in [0.15, 0.2) is 5.69 Å². The quantitative estimate of drug-likeness (QED) is 0.819. The highest BCUT2D eigenvalue weighted by atomic mass is 35.5. The molecule has 0 unspecified atom stereocenters. The van der Waals surface area contributed by atoms with E-state index in [1.807, 2.05) is 6.92 Å². The van der Waals surface area contributed by atoms with Crippen LogP contribution in [0.4, 0.5) is 5.82 Å². The fraction of sp³-hybridized carbons (Fsp3) is 0.455. The monoisotopic (exact) mass is 257 g/mol. The number of anilines is 1. The summed E-state index contributed by atoms with van der Waals surface area (Å²) in [7, 11) is 0. The van der Waals surface area contributed by atoms with E-state index in [9.17, 15) is 4.79 Å². The van der Waals surface area contributed by atoms with E-state index in [4.69, 9.17) is 22.1 Å². The Balaban J connectivity index is 3.13. The van der Waals surface area contributed by atoms with Crippen molar-refractivity contribution in [2.24, 2.45) is 0 Å². The van der Waals surface area contributed by atoms with Crippen LogP contribution in [0.2, 0.25) is 0 Å². The van der Waals surface area contributed by atoms with Crippen LogP contribution in [0.1, 0.15) is 30.2 Å². The van der Waals surface area contributed by atoms with Crippen molar-refractivity contribution in [2.75, 3.05) is 12.3 Å². The SMILES string of the molecule is C=C(Cl)Cn1c(CC)nc(C(=O)OCC)c1N. The Bertz CT molecular complexity index is 440. The van der Waals surface area contributed by atoms with Gasteiger partial charge in [0.1, 0.15) is 11.6 Å². The molecule has 0 aliphatic rings. The van der Waals surface area contributed by atoms with Crippen LogP contribution in [0, 0.1) is 0 Å². The Morgan fingerprint density at radius 3 is 2.71 bits per heavy atom. The van der Waals surface area contributed by atoms with Gasteiger partial charge in [-0.3, -0.25) is 0 Å². The number of rotatable bonds is 5. The second kappa shape index (κ2) is 5.72. The van der Waals surface area contributed by atoms with Crippen LogP contribution in [0.3, 0.4) is 0 Å². The van der Waals surface area contributed by atoms with E-state index in [-0.39, 0.29) is 18.1 Å². The molecule has 0 fully saturated rings. The molecule has 0 aromatic carbocycles. The number of aryl methyl sites for hydroxylation is 1. The molecule has 1 rings (SSSR count). The molecular weight excluding hydrogens is 242 g/mol. The summed E-state index contributed by atoms with van der Waals surface area (Å²) in [4.78, 5) is 15.8. The molecule has 0 saturated heterocycles. The number of ether oxygens (including phenoxy) is 1. The van der Waals surface area contributed by atoms with Gasteiger partial charge in [-0.15, -0.1) is 0 Å². The highest BCUT2D eigenvalue weighted by Crippen LogP contribution is 2.18. The summed E-state index contributed by atoms with van der Waals surface area (Å²) in [6.45, 7) is 7.87. The maximum atomic E-state index is 11.6. The third-order valence-electron chi connectivity index (χ3n) is 2.20. The number of allylic oxidation sites excluding steroid dienone is 1. The summed E-state index contributed by atoms with van der Waals surface area (Å²) >= 11 is 5.75. The molecule has 6 heteroatoms. The Morgan fingerprint density at radius 2 is 2.24 bits per heavy atom. The van der Waals surface area contributed by atoms with Gasteiger partial charge in [-0.05, 0) is 6.92 Å². The molecule has 0 aliphatic carbocycles. The van der Waals surface area contributed by atoms with Crippen LogP contribution in [0.5, 0.6) is 0 Å². The lowest BCUT2D eigenvalue weighted by Crippen LogP contribution is -2.10. The van der Waals surface area contributed by atoms with Crippen molar-refractivity contribution >= 4 is 23.4 Å². The first kappa shape index (κ1) is 13.6. The molecule has 0 radical (unpaired) electrons. The van der Waals surface area contributed by atoms with Crippen LogP contribution in [0.15, 0.2) is 11.6 Å². The molecule has 94 valence electrons. The summed E-state index contributed by atoms with van der Waals surface area (Å²) in [6, 6.07) is 0. The first-order valence-electron chi connectivity index (χ1n) is 5.36. The maximum Gasteiger partial charge on any atom is 0.360 e. The minimum Gasteiger partial charge on any atom is -0.461 e. The maximum absolute atomic E-state index is 11.6. The number of nitrogens with zero attached hydrogens (tertiary/aromatic N) is 2. The first-order chi connectivity index (χ1) is 8.01. The fourth-order valence-corrected chi connectivity index (χ4v) is 1.60. The molecule has 1 aromatic rings. The number of esters is 1. The molecule has 1 aromatic heterocycles. The lowest BCUT2D eigenvalue weighted by Gasteiger charge is -2.06. The lowest BCUT2D eigenvalue weighted by atomic mass is 10.4. The highest BCUT2D eigenvalue weighted by molar-refractivity contribution is 6.29. The third kappa shape index (κ3) is 3.00. The lowest BCUT2D eigenvalue weighted by molar-refractivity contribution is 0.0521. The van der Waals surface area contributed by atoms with E-state index < -0.39 is 5.97 Å². The molecule has 2 N–H and O–H groups in total. The first-order valence-corrected chi connectivity index (χ1v) is 5.74. The van der Waals surface area contributed by atoms with Crippen molar-refractivity contribution in [2.45, 2.75) is 26.8 Å². The van der Waals surface area contributed by atoms with Gasteiger partial charge in [-0.2, -0.15) is 0 Å². The fourth-order valence-electron chi connectivity index (χ4n) is 1.48. The van der Waals surface area contributed by atoms with E-state index >= 15 is 0 Å². The van der Waals surface area contributed by atoms with Crippen molar-refractivity contribution in [3.63, 3.8) is 0 Å². The van der Waals surface area contributed by atoms with Crippen LogP contribution in [-0.4, -0.2) is 22.1 Å². The van der Waals surface area contributed by atoms with Gasteiger partial charge in [0.2, 0.25) is 0 Å². The molecule has 0 bridgehead atoms. The number of nitrogen functional groups attached to an aromatic ring is 1. The smallest absolute Gasteiger partial charge is 0.360 e. The third-order valence-corrected chi connectivity index (χ3v) is 2.32. The molecule has 5 nitrogen and oxygen atoms in total. The number of hydrogen-bond donors (Lipinski definition) is 1. The number of aromatic nitrogens is 2. The number of carbonyl (C=O) groups excluding carboxylic acids is 1. The molecule has 1 heterocycles. The standard InChI is InChI=1S/C11H16ClN3O2/c1-4-8-14-9(11(16)17-5-2)10(13)15(8)6-7(3)12/h3-6,13H2,1-2H3. The minimum absolute atomic E-state index is 0.140. The van der Waals surface area contributed by atoms with E-state index in [1.165, 1.54) is 0 Å². The van der Waals surface area contributed by atoms with Crippen LogP contribution in [-0.2, 0) is 17.7 Å². The van der Waals surface area contributed by atoms with Crippen molar-refractivity contribution in [1.82, 2.24) is 9.55 Å². The van der Waals surface area contributed by atoms with Gasteiger partial charge >= 0.3 is 5.97 Å². The van der Waals surface area contributed by atoms with E-state index in [0.717, 1.165) is 0 Å². The van der Waals surface area contributed by atoms with Gasteiger partial charge in [-0.1, -0.05) is 25.1 Å². The summed E-state index contributed by atoms with van der Waals surface area (Å²) in [5.41, 5.74) is 6.00. The average molecular weight is 258 g/mol. The molecule has 17 heavy (non-hydrogen) atoms. The van der Waals surface area contributed by atoms with Crippen molar-refractivity contribution in [1.29, 1.82) is 0 Å². The summed E-state index contributed by atoms with van der Waals surface area (Å²) in [6.07, 6.45) is 0.647. The van der Waals surface area contributed by atoms with Gasteiger partial charge in [-0.25, -0.2) is 9.78 Å². The normalized spacial score (nSPS) is 10.3. The van der Waals surface area contributed by atoms with Crippen molar-refractivity contribution < 1.29 is 9.53 Å². The predicted molar refractivity (Wildman–Crippen MR) is 67.0 cm³/mol. The predicted octanol–water partition coefficient (Wildman–Crippen LogP) is 1.96. The van der Waals surface area contributed by atoms with Gasteiger partial charge in [0.05, 0.1) is 13.2 Å². The second-order valence-corrected chi connectivity index (χ2v) is 3.97. The Labute approximate surface area is 105 Å². The molecule has 0 aliphatic heterocycles. The zero-order valence-electron chi connectivity index (χ0n) is 9.99. The van der Waals surface area contributed by atoms with Gasteiger partial charge in [0.25, 0.3) is 0 Å². The molecule has 0 saturated carbocycles. The Morgan fingerprint density at radius 1 is 1.59 bits per heavy atom. The van der Waals surface area contributed by atoms with Gasteiger partial charge < -0.3 is 15.0 Å². The average Bonchev–Trinajstić information content (AvgIpc) is 2.56. The van der Waals surface area contributed by atoms with Gasteiger partial charge in [0, 0.05) is 11.5 Å².